The fourth-order valence-corrected chi connectivity index (χ4v) is 3.68. The minimum atomic E-state index is -3.99. The van der Waals surface area contributed by atoms with E-state index in [0.29, 0.717) is 5.56 Å². The second-order valence-electron chi connectivity index (χ2n) is 5.58. The smallest absolute Gasteiger partial charge is 0.318 e. The summed E-state index contributed by atoms with van der Waals surface area (Å²) in [7, 11) is -3.99. The third-order valence-corrected chi connectivity index (χ3v) is 5.51. The van der Waals surface area contributed by atoms with Gasteiger partial charge in [0, 0.05) is 18.5 Å². The Labute approximate surface area is 146 Å². The molecule has 0 aliphatic heterocycles. The molecule has 0 spiro atoms. The highest BCUT2D eigenvalue weighted by Crippen LogP contribution is 2.17. The van der Waals surface area contributed by atoms with E-state index in [9.17, 15) is 18.0 Å². The summed E-state index contributed by atoms with van der Waals surface area (Å²) < 4.78 is 26.2. The van der Waals surface area contributed by atoms with Gasteiger partial charge in [-0.15, -0.1) is 0 Å². The lowest BCUT2D eigenvalue weighted by Crippen LogP contribution is -2.37. The monoisotopic (exact) mass is 361 g/mol. The summed E-state index contributed by atoms with van der Waals surface area (Å²) in [6.07, 6.45) is -0.0949. The number of carbonyl (C=O) groups is 2. The Bertz CT molecular complexity index is 845. The van der Waals surface area contributed by atoms with E-state index >= 15 is 0 Å². The van der Waals surface area contributed by atoms with E-state index in [0.717, 1.165) is 9.87 Å². The molecule has 0 aliphatic rings. The van der Waals surface area contributed by atoms with Crippen LogP contribution in [0.15, 0.2) is 59.5 Å². The number of aliphatic carboxylic acids is 1. The van der Waals surface area contributed by atoms with Crippen LogP contribution in [0.1, 0.15) is 22.3 Å². The van der Waals surface area contributed by atoms with E-state index in [1.165, 1.54) is 12.1 Å². The summed E-state index contributed by atoms with van der Waals surface area (Å²) >= 11 is 0. The molecule has 0 amide bonds. The molecule has 132 valence electrons. The minimum absolute atomic E-state index is 0.00603. The number of carbonyl (C=O) groups excluding carboxylic acids is 1. The van der Waals surface area contributed by atoms with Gasteiger partial charge in [-0.3, -0.25) is 9.59 Å². The van der Waals surface area contributed by atoms with Gasteiger partial charge in [-0.2, -0.15) is 4.31 Å². The minimum Gasteiger partial charge on any atom is -0.480 e. The summed E-state index contributed by atoms with van der Waals surface area (Å²) in [6, 6.07) is 14.6. The van der Waals surface area contributed by atoms with Gasteiger partial charge < -0.3 is 5.11 Å². The van der Waals surface area contributed by atoms with E-state index in [-0.39, 0.29) is 23.6 Å². The molecule has 0 saturated carbocycles. The predicted molar refractivity (Wildman–Crippen MR) is 93.0 cm³/mol. The molecule has 0 radical (unpaired) electrons. The van der Waals surface area contributed by atoms with Crippen LogP contribution in [0.3, 0.4) is 0 Å². The standard InChI is InChI=1S/C18H19NO5S/c1-14-7-9-16(10-8-14)25(23,24)19(13-18(21)22)12-11-17(20)15-5-3-2-4-6-15/h2-10H,11-13H2,1H3,(H,21,22). The zero-order valence-electron chi connectivity index (χ0n) is 13.8. The third-order valence-electron chi connectivity index (χ3n) is 3.65. The Kier molecular flexibility index (Phi) is 6.06. The van der Waals surface area contributed by atoms with Crippen molar-refractivity contribution in [3.63, 3.8) is 0 Å². The first-order valence-corrected chi connectivity index (χ1v) is 9.11. The number of rotatable bonds is 8. The molecule has 25 heavy (non-hydrogen) atoms. The average molecular weight is 361 g/mol. The number of hydrogen-bond donors (Lipinski definition) is 1. The summed E-state index contributed by atoms with van der Waals surface area (Å²) in [5.41, 5.74) is 1.36. The first-order valence-electron chi connectivity index (χ1n) is 7.67. The first kappa shape index (κ1) is 18.8. The predicted octanol–water partition coefficient (Wildman–Crippen LogP) is 2.34. The van der Waals surface area contributed by atoms with Crippen molar-refractivity contribution in [2.75, 3.05) is 13.1 Å². The molecule has 2 aromatic rings. The van der Waals surface area contributed by atoms with Crippen molar-refractivity contribution < 1.29 is 23.1 Å². The molecule has 0 bridgehead atoms. The summed E-state index contributed by atoms with van der Waals surface area (Å²) in [6.45, 7) is 0.929. The number of sulfonamides is 1. The maximum atomic E-state index is 12.7. The molecular formula is C18H19NO5S. The number of carboxylic acid groups (broad SMARTS) is 1. The normalized spacial score (nSPS) is 11.4. The zero-order chi connectivity index (χ0) is 18.4. The lowest BCUT2D eigenvalue weighted by Gasteiger charge is -2.20. The molecular weight excluding hydrogens is 342 g/mol. The van der Waals surface area contributed by atoms with Crippen LogP contribution in [0.4, 0.5) is 0 Å². The second-order valence-corrected chi connectivity index (χ2v) is 7.52. The Morgan fingerprint density at radius 3 is 2.16 bits per heavy atom. The highest BCUT2D eigenvalue weighted by Gasteiger charge is 2.27. The van der Waals surface area contributed by atoms with Gasteiger partial charge in [-0.05, 0) is 19.1 Å². The van der Waals surface area contributed by atoms with Gasteiger partial charge in [0.25, 0.3) is 0 Å². The van der Waals surface area contributed by atoms with Crippen LogP contribution in [-0.4, -0.2) is 42.7 Å². The van der Waals surface area contributed by atoms with E-state index in [4.69, 9.17) is 5.11 Å². The molecule has 1 N–H and O–H groups in total. The van der Waals surface area contributed by atoms with E-state index in [2.05, 4.69) is 0 Å². The Hall–Kier alpha value is -2.51. The molecule has 0 unspecified atom stereocenters. The number of ketones is 1. The van der Waals surface area contributed by atoms with Gasteiger partial charge in [0.05, 0.1) is 4.90 Å². The van der Waals surface area contributed by atoms with Crippen molar-refractivity contribution in [3.8, 4) is 0 Å². The van der Waals surface area contributed by atoms with Crippen LogP contribution in [0.2, 0.25) is 0 Å². The molecule has 0 atom stereocenters. The highest BCUT2D eigenvalue weighted by molar-refractivity contribution is 7.89. The number of nitrogens with zero attached hydrogens (tertiary/aromatic N) is 1. The van der Waals surface area contributed by atoms with Crippen molar-refractivity contribution in [1.29, 1.82) is 0 Å². The van der Waals surface area contributed by atoms with Crippen LogP contribution in [0.5, 0.6) is 0 Å². The molecule has 7 heteroatoms. The maximum Gasteiger partial charge on any atom is 0.318 e. The quantitative estimate of drug-likeness (QED) is 0.729. The zero-order valence-corrected chi connectivity index (χ0v) is 14.6. The van der Waals surface area contributed by atoms with Crippen LogP contribution in [0.25, 0.3) is 0 Å². The van der Waals surface area contributed by atoms with Gasteiger partial charge in [-0.25, -0.2) is 8.42 Å². The number of carboxylic acids is 1. The third kappa shape index (κ3) is 4.98. The number of hydrogen-bond acceptors (Lipinski definition) is 4. The number of benzene rings is 2. The topological polar surface area (TPSA) is 91.8 Å². The van der Waals surface area contributed by atoms with Gasteiger partial charge in [-0.1, -0.05) is 48.0 Å². The Balaban J connectivity index is 2.19. The Morgan fingerprint density at radius 2 is 1.60 bits per heavy atom. The first-order chi connectivity index (χ1) is 11.8. The van der Waals surface area contributed by atoms with Gasteiger partial charge >= 0.3 is 5.97 Å². The molecule has 2 aromatic carbocycles. The van der Waals surface area contributed by atoms with Crippen LogP contribution < -0.4 is 0 Å². The van der Waals surface area contributed by atoms with Gasteiger partial charge in [0.2, 0.25) is 10.0 Å². The van der Waals surface area contributed by atoms with Crippen molar-refractivity contribution >= 4 is 21.8 Å². The molecule has 0 aliphatic carbocycles. The molecule has 0 heterocycles. The molecule has 0 saturated heterocycles. The lowest BCUT2D eigenvalue weighted by atomic mass is 10.1. The van der Waals surface area contributed by atoms with Crippen LogP contribution in [0, 0.1) is 6.92 Å². The van der Waals surface area contributed by atoms with Crippen LogP contribution in [-0.2, 0) is 14.8 Å². The van der Waals surface area contributed by atoms with Crippen molar-refractivity contribution in [2.45, 2.75) is 18.2 Å². The summed E-state index contributed by atoms with van der Waals surface area (Å²) in [5, 5.41) is 9.03. The highest BCUT2D eigenvalue weighted by atomic mass is 32.2. The van der Waals surface area contributed by atoms with E-state index in [1.807, 2.05) is 6.92 Å². The average Bonchev–Trinajstić information content (AvgIpc) is 2.59. The lowest BCUT2D eigenvalue weighted by molar-refractivity contribution is -0.137. The van der Waals surface area contributed by atoms with Crippen molar-refractivity contribution in [2.24, 2.45) is 0 Å². The molecule has 6 nitrogen and oxygen atoms in total. The van der Waals surface area contributed by atoms with Crippen LogP contribution >= 0.6 is 0 Å². The molecule has 2 rings (SSSR count). The fraction of sp³-hybridized carbons (Fsp3) is 0.222. The summed E-state index contributed by atoms with van der Waals surface area (Å²) in [4.78, 5) is 23.2. The van der Waals surface area contributed by atoms with Crippen molar-refractivity contribution in [3.05, 3.63) is 65.7 Å². The van der Waals surface area contributed by atoms with Gasteiger partial charge in [0.15, 0.2) is 5.78 Å². The Morgan fingerprint density at radius 1 is 1.00 bits per heavy atom. The second kappa shape index (κ2) is 8.04. The summed E-state index contributed by atoms with van der Waals surface area (Å²) in [5.74, 6) is -1.52. The fourth-order valence-electron chi connectivity index (χ4n) is 2.29. The molecule has 0 aromatic heterocycles. The van der Waals surface area contributed by atoms with E-state index in [1.54, 1.807) is 42.5 Å². The maximum absolute atomic E-state index is 12.7. The number of Topliss-reactive ketones (excluding diaryl/α,β-unsaturated/α-hetero) is 1. The van der Waals surface area contributed by atoms with E-state index < -0.39 is 22.5 Å². The number of aryl methyl sites for hydroxylation is 1. The largest absolute Gasteiger partial charge is 0.480 e. The molecule has 0 fully saturated rings. The van der Waals surface area contributed by atoms with Crippen molar-refractivity contribution in [1.82, 2.24) is 4.31 Å². The van der Waals surface area contributed by atoms with Gasteiger partial charge in [0.1, 0.15) is 6.54 Å². The SMILES string of the molecule is Cc1ccc(S(=O)(=O)N(CCC(=O)c2ccccc2)CC(=O)O)cc1.